The minimum atomic E-state index is -1.17. The van der Waals surface area contributed by atoms with Crippen molar-refractivity contribution in [1.29, 1.82) is 0 Å². The summed E-state index contributed by atoms with van der Waals surface area (Å²) in [4.78, 5) is 46.0. The Morgan fingerprint density at radius 2 is 1.79 bits per heavy atom. The van der Waals surface area contributed by atoms with Gasteiger partial charge in [-0.1, -0.05) is 38.1 Å². The Kier molecular flexibility index (Phi) is 15.8. The summed E-state index contributed by atoms with van der Waals surface area (Å²) in [5.74, 6) is -3.14. The van der Waals surface area contributed by atoms with E-state index in [2.05, 4.69) is 27.5 Å². The summed E-state index contributed by atoms with van der Waals surface area (Å²) >= 11 is 0. The number of methoxy groups -OCH3 is 1. The number of rotatable bonds is 11. The van der Waals surface area contributed by atoms with Crippen molar-refractivity contribution in [1.82, 2.24) is 30.1 Å². The van der Waals surface area contributed by atoms with Gasteiger partial charge in [-0.25, -0.2) is 4.79 Å². The van der Waals surface area contributed by atoms with Crippen LogP contribution in [0.25, 0.3) is 11.3 Å². The molecule has 0 bridgehead atoms. The topological polar surface area (TPSA) is 202 Å². The number of unbranched alkanes of at least 4 members (excludes halogenated alkanes) is 1. The summed E-state index contributed by atoms with van der Waals surface area (Å²) in [5, 5.41) is 24.0. The first-order valence-corrected chi connectivity index (χ1v) is 22.2. The highest BCUT2D eigenvalue weighted by Gasteiger charge is 2.52. The molecule has 61 heavy (non-hydrogen) atoms. The maximum absolute atomic E-state index is 14.4. The number of hydrogen-bond acceptors (Lipinski definition) is 15. The molecule has 17 heteroatoms. The number of carbonyl (C=O) groups is 3. The number of cyclic esters (lactones) is 1. The van der Waals surface area contributed by atoms with Gasteiger partial charge in [0.05, 0.1) is 43.3 Å². The number of esters is 1. The van der Waals surface area contributed by atoms with E-state index in [-0.39, 0.29) is 29.9 Å². The Morgan fingerprint density at radius 3 is 2.49 bits per heavy atom. The first-order chi connectivity index (χ1) is 29.1. The average Bonchev–Trinajstić information content (AvgIpc) is 3.86. The maximum atomic E-state index is 14.4. The van der Waals surface area contributed by atoms with Crippen LogP contribution in [-0.2, 0) is 44.6 Å². The van der Waals surface area contributed by atoms with E-state index in [1.807, 2.05) is 58.2 Å². The predicted molar refractivity (Wildman–Crippen MR) is 226 cm³/mol. The number of morpholine rings is 1. The van der Waals surface area contributed by atoms with Crippen molar-refractivity contribution in [2.45, 2.75) is 148 Å². The van der Waals surface area contributed by atoms with Crippen molar-refractivity contribution < 1.29 is 47.9 Å². The number of amides is 1. The number of aliphatic hydroxyl groups excluding tert-OH is 1. The third kappa shape index (κ3) is 10.9. The van der Waals surface area contributed by atoms with Crippen LogP contribution in [0.2, 0.25) is 0 Å². The van der Waals surface area contributed by atoms with E-state index < -0.39 is 66.2 Å². The monoisotopic (exact) mass is 856 g/mol. The largest absolute Gasteiger partial charge is 0.458 e. The molecule has 6 rings (SSSR count). The van der Waals surface area contributed by atoms with Gasteiger partial charge in [-0.05, 0) is 84.4 Å². The Balaban J connectivity index is 1.19. The fourth-order valence-corrected chi connectivity index (χ4v) is 9.67. The number of aliphatic hydroxyl groups is 1. The molecule has 5 heterocycles. The van der Waals surface area contributed by atoms with Crippen molar-refractivity contribution in [2.75, 3.05) is 52.2 Å². The summed E-state index contributed by atoms with van der Waals surface area (Å²) in [6.45, 7) is 17.2. The number of ketones is 1. The number of anilines is 1. The van der Waals surface area contributed by atoms with Gasteiger partial charge in [-0.2, -0.15) is 0 Å². The Bertz CT molecular complexity index is 1780. The number of carbonyl (C=O) groups excluding carboxylic acids is 3. The summed E-state index contributed by atoms with van der Waals surface area (Å²) in [5.41, 5.74) is 7.18. The van der Waals surface area contributed by atoms with E-state index in [1.165, 1.54) is 0 Å². The molecule has 4 fully saturated rings. The van der Waals surface area contributed by atoms with Crippen LogP contribution in [0.15, 0.2) is 30.5 Å². The second kappa shape index (κ2) is 20.6. The van der Waals surface area contributed by atoms with E-state index in [1.54, 1.807) is 30.5 Å². The molecule has 4 N–H and O–H groups in total. The fourth-order valence-electron chi connectivity index (χ4n) is 9.67. The second-order valence-electron chi connectivity index (χ2n) is 17.9. The van der Waals surface area contributed by atoms with Crippen LogP contribution in [0.4, 0.5) is 10.5 Å². The average molecular weight is 856 g/mol. The van der Waals surface area contributed by atoms with Gasteiger partial charge in [0, 0.05) is 62.5 Å². The first-order valence-electron chi connectivity index (χ1n) is 22.2. The number of nitrogens with zero attached hydrogens (tertiary/aromatic N) is 5. The highest BCUT2D eigenvalue weighted by molar-refractivity contribution is 6.00. The van der Waals surface area contributed by atoms with Crippen LogP contribution >= 0.6 is 0 Å². The smallest absolute Gasteiger partial charge is 0.410 e. The summed E-state index contributed by atoms with van der Waals surface area (Å²) < 4.78 is 38.8. The van der Waals surface area contributed by atoms with Crippen molar-refractivity contribution in [3.63, 3.8) is 0 Å². The third-order valence-corrected chi connectivity index (χ3v) is 13.2. The molecule has 1 aromatic carbocycles. The molecule has 0 radical (unpaired) electrons. The number of hydrogen-bond donors (Lipinski definition) is 3. The normalized spacial score (nSPS) is 36.1. The van der Waals surface area contributed by atoms with Crippen LogP contribution in [-0.4, -0.2) is 155 Å². The Morgan fingerprint density at radius 1 is 1.05 bits per heavy atom. The zero-order valence-electron chi connectivity index (χ0n) is 37.2. The van der Waals surface area contributed by atoms with Crippen molar-refractivity contribution >= 4 is 23.5 Å². The molecule has 1 amide bonds. The quantitative estimate of drug-likeness (QED) is 0.128. The molecule has 4 aliphatic heterocycles. The van der Waals surface area contributed by atoms with Gasteiger partial charge in [0.15, 0.2) is 18.2 Å². The predicted octanol–water partition coefficient (Wildman–Crippen LogP) is 3.66. The van der Waals surface area contributed by atoms with Crippen molar-refractivity contribution in [3.05, 3.63) is 30.5 Å². The number of nitrogen functional groups attached to an aromatic ring is 1. The molecule has 13 atom stereocenters. The van der Waals surface area contributed by atoms with Gasteiger partial charge >= 0.3 is 12.1 Å². The van der Waals surface area contributed by atoms with E-state index in [0.717, 1.165) is 17.7 Å². The maximum Gasteiger partial charge on any atom is 0.410 e. The first kappa shape index (κ1) is 46.8. The van der Waals surface area contributed by atoms with Gasteiger partial charge in [0.1, 0.15) is 23.8 Å². The van der Waals surface area contributed by atoms with Gasteiger partial charge in [-0.3, -0.25) is 24.1 Å². The number of Topliss-reactive ketones (excluding diaryl/α,β-unsaturated/α-hetero) is 1. The van der Waals surface area contributed by atoms with Gasteiger partial charge < -0.3 is 44.6 Å². The lowest BCUT2D eigenvalue weighted by Crippen LogP contribution is -2.61. The van der Waals surface area contributed by atoms with Crippen LogP contribution in [0.3, 0.4) is 0 Å². The lowest BCUT2D eigenvalue weighted by molar-refractivity contribution is -0.298. The van der Waals surface area contributed by atoms with Gasteiger partial charge in [0.25, 0.3) is 0 Å². The Labute approximate surface area is 360 Å². The highest BCUT2D eigenvalue weighted by atomic mass is 16.7. The second-order valence-corrected chi connectivity index (χ2v) is 17.9. The third-order valence-electron chi connectivity index (χ3n) is 13.2. The standard InChI is InChI=1S/C44H69N7O10/c1-9-35-39-36(51(43(55)60-39)16-11-10-15-50-25-33(47-48-50)31-13-12-14-32(45)22-31)30(6)46-24-26(2)23-44(7,56-8)40(28(4)37(52)29(5)41(54)59-35)61-42-38(53)34(21-27(3)58-42)49-17-19-57-20-18-49/h12-14,22,25-30,34-36,38-40,42,46,53H,9-11,15-21,23-24,45H2,1-8H3/t26-,27?,28+,29-,30-,34?,35-,36-,38?,39-,40-,42+,44-/m1/s1. The van der Waals surface area contributed by atoms with E-state index >= 15 is 0 Å². The van der Waals surface area contributed by atoms with Gasteiger partial charge in [0.2, 0.25) is 0 Å². The molecule has 4 saturated heterocycles. The Hall–Kier alpha value is -3.71. The summed E-state index contributed by atoms with van der Waals surface area (Å²) in [7, 11) is 1.59. The van der Waals surface area contributed by atoms with E-state index in [4.69, 9.17) is 34.2 Å². The number of fused-ring (bicyclic) bond motifs is 1. The lowest BCUT2D eigenvalue weighted by Gasteiger charge is -2.48. The molecule has 340 valence electrons. The lowest BCUT2D eigenvalue weighted by atomic mass is 9.78. The molecular weight excluding hydrogens is 787 g/mol. The summed E-state index contributed by atoms with van der Waals surface area (Å²) in [6, 6.07) is 6.54. The minimum Gasteiger partial charge on any atom is -0.458 e. The molecule has 0 spiro atoms. The van der Waals surface area contributed by atoms with Gasteiger partial charge in [-0.15, -0.1) is 5.10 Å². The van der Waals surface area contributed by atoms with E-state index in [0.29, 0.717) is 77.3 Å². The molecular formula is C44H69N7O10. The number of nitrogens with one attached hydrogen (secondary N) is 1. The number of aromatic nitrogens is 3. The number of benzene rings is 1. The summed E-state index contributed by atoms with van der Waals surface area (Å²) in [6.07, 6.45) is -0.504. The van der Waals surface area contributed by atoms with Crippen molar-refractivity contribution in [3.8, 4) is 11.3 Å². The molecule has 0 saturated carbocycles. The molecule has 4 aliphatic rings. The number of nitrogens with two attached hydrogens (primary N) is 1. The molecule has 2 aromatic rings. The van der Waals surface area contributed by atoms with Crippen LogP contribution < -0.4 is 11.1 Å². The zero-order valence-corrected chi connectivity index (χ0v) is 37.2. The van der Waals surface area contributed by atoms with E-state index in [9.17, 15) is 19.5 Å². The zero-order chi connectivity index (χ0) is 44.0. The highest BCUT2D eigenvalue weighted by Crippen LogP contribution is 2.37. The minimum absolute atomic E-state index is 0.00903. The SMILES string of the molecule is CC[C@H]1OC(=O)[C@H](C)C(=O)[C@H](C)[C@@H](O[C@@H]2OC(C)CC(N3CCOCC3)C2O)[C@](C)(OC)C[C@@H](C)CN[C@H](C)[C@@H]2[C@@H]1OC(=O)N2CCCCn1cc(-c2cccc(N)c2)nn1. The number of aryl methyl sites for hydroxylation is 1. The molecule has 3 unspecified atom stereocenters. The van der Waals surface area contributed by atoms with Crippen LogP contribution in [0.5, 0.6) is 0 Å². The van der Waals surface area contributed by atoms with Crippen LogP contribution in [0.1, 0.15) is 80.6 Å². The fraction of sp³-hybridized carbons (Fsp3) is 0.750. The molecule has 17 nitrogen and oxygen atoms in total. The van der Waals surface area contributed by atoms with Crippen molar-refractivity contribution in [2.24, 2.45) is 17.8 Å². The molecule has 0 aliphatic carbocycles. The van der Waals surface area contributed by atoms with Crippen LogP contribution in [0, 0.1) is 17.8 Å². The molecule has 1 aromatic heterocycles. The number of ether oxygens (including phenoxy) is 6.